The molecule has 3 aromatic rings. The summed E-state index contributed by atoms with van der Waals surface area (Å²) in [6.45, 7) is 1.13. The number of hydrogen-bond donors (Lipinski definition) is 3. The largest absolute Gasteiger partial charge is 0.386 e. The van der Waals surface area contributed by atoms with Crippen LogP contribution in [0.15, 0.2) is 65.7 Å². The van der Waals surface area contributed by atoms with Gasteiger partial charge in [0.05, 0.1) is 6.04 Å². The topological polar surface area (TPSA) is 59.9 Å². The van der Waals surface area contributed by atoms with Gasteiger partial charge in [0.2, 0.25) is 0 Å². The Morgan fingerprint density at radius 3 is 2.39 bits per heavy atom. The zero-order valence-corrected chi connectivity index (χ0v) is 17.4. The summed E-state index contributed by atoms with van der Waals surface area (Å²) in [4.78, 5) is 7.43. The second-order valence-electron chi connectivity index (χ2n) is 6.93. The van der Waals surface area contributed by atoms with Gasteiger partial charge in [-0.05, 0) is 37.2 Å². The molecule has 3 N–H and O–H groups in total. The third kappa shape index (κ3) is 5.10. The number of nitrogens with one attached hydrogen (secondary N) is 2. The molecule has 6 heteroatoms. The zero-order chi connectivity index (χ0) is 19.9. The van der Waals surface area contributed by atoms with Crippen LogP contribution in [0.4, 0.5) is 0 Å². The van der Waals surface area contributed by atoms with Gasteiger partial charge in [-0.15, -0.1) is 11.3 Å². The van der Waals surface area contributed by atoms with E-state index < -0.39 is 6.10 Å². The Kier molecular flexibility index (Phi) is 7.03. The van der Waals surface area contributed by atoms with E-state index in [1.807, 2.05) is 18.2 Å². The highest BCUT2D eigenvalue weighted by Gasteiger charge is 2.15. The van der Waals surface area contributed by atoms with Crippen molar-refractivity contribution in [2.45, 2.75) is 12.1 Å². The molecular formula is C22H28N4OS. The zero-order valence-electron chi connectivity index (χ0n) is 16.6. The highest BCUT2D eigenvalue weighted by molar-refractivity contribution is 7.19. The number of benzene rings is 2. The van der Waals surface area contributed by atoms with Crippen molar-refractivity contribution in [2.24, 2.45) is 4.99 Å². The molecule has 0 aliphatic rings. The average Bonchev–Trinajstić information content (AvgIpc) is 3.15. The van der Waals surface area contributed by atoms with Crippen LogP contribution in [-0.4, -0.2) is 50.2 Å². The maximum atomic E-state index is 10.6. The van der Waals surface area contributed by atoms with E-state index in [4.69, 9.17) is 0 Å². The molecule has 3 rings (SSSR count). The lowest BCUT2D eigenvalue weighted by molar-refractivity contribution is 0.184. The molecule has 0 bridgehead atoms. The van der Waals surface area contributed by atoms with Gasteiger partial charge in [0.1, 0.15) is 6.10 Å². The minimum atomic E-state index is -0.574. The van der Waals surface area contributed by atoms with Crippen LogP contribution < -0.4 is 10.6 Å². The fourth-order valence-electron chi connectivity index (χ4n) is 3.15. The molecular weight excluding hydrogens is 368 g/mol. The van der Waals surface area contributed by atoms with Crippen molar-refractivity contribution in [1.82, 2.24) is 15.5 Å². The summed E-state index contributed by atoms with van der Waals surface area (Å²) in [5.41, 5.74) is 1.25. The fraction of sp³-hybridized carbons (Fsp3) is 0.318. The molecule has 0 saturated carbocycles. The van der Waals surface area contributed by atoms with Gasteiger partial charge in [0.15, 0.2) is 5.96 Å². The molecule has 0 aliphatic heterocycles. The molecule has 148 valence electrons. The van der Waals surface area contributed by atoms with Crippen LogP contribution >= 0.6 is 11.3 Å². The summed E-state index contributed by atoms with van der Waals surface area (Å²) in [6.07, 6.45) is -0.574. The Labute approximate surface area is 170 Å². The first-order valence-corrected chi connectivity index (χ1v) is 10.2. The summed E-state index contributed by atoms with van der Waals surface area (Å²) in [6, 6.07) is 20.9. The van der Waals surface area contributed by atoms with Gasteiger partial charge < -0.3 is 20.6 Å². The monoisotopic (exact) mass is 396 g/mol. The van der Waals surface area contributed by atoms with Crippen LogP contribution in [0.3, 0.4) is 0 Å². The Bertz CT molecular complexity index is 874. The minimum absolute atomic E-state index is 0.229. The molecule has 1 heterocycles. The fourth-order valence-corrected chi connectivity index (χ4v) is 4.20. The van der Waals surface area contributed by atoms with E-state index in [-0.39, 0.29) is 6.04 Å². The van der Waals surface area contributed by atoms with Gasteiger partial charge in [-0.1, -0.05) is 48.5 Å². The number of likely N-dealkylation sites (N-methyl/N-ethyl adjacent to an activating group) is 1. The molecule has 2 atom stereocenters. The van der Waals surface area contributed by atoms with E-state index in [0.29, 0.717) is 12.5 Å². The van der Waals surface area contributed by atoms with E-state index >= 15 is 0 Å². The molecule has 2 aromatic carbocycles. The molecule has 1 aromatic heterocycles. The van der Waals surface area contributed by atoms with Crippen LogP contribution in [0.1, 0.15) is 22.6 Å². The summed E-state index contributed by atoms with van der Waals surface area (Å²) >= 11 is 1.63. The van der Waals surface area contributed by atoms with Gasteiger partial charge in [0.25, 0.3) is 0 Å². The van der Waals surface area contributed by atoms with Crippen molar-refractivity contribution >= 4 is 27.4 Å². The second kappa shape index (κ2) is 9.68. The van der Waals surface area contributed by atoms with Crippen LogP contribution in [0.2, 0.25) is 0 Å². The predicted octanol–water partition coefficient (Wildman–Crippen LogP) is 3.40. The third-order valence-corrected chi connectivity index (χ3v) is 5.95. The molecule has 0 fully saturated rings. The van der Waals surface area contributed by atoms with Crippen molar-refractivity contribution in [3.05, 3.63) is 71.1 Å². The highest BCUT2D eigenvalue weighted by atomic mass is 32.1. The first kappa shape index (κ1) is 20.3. The van der Waals surface area contributed by atoms with Gasteiger partial charge >= 0.3 is 0 Å². The van der Waals surface area contributed by atoms with E-state index in [2.05, 4.69) is 77.1 Å². The molecule has 0 amide bonds. The SMILES string of the molecule is CN=C(NCC(O)c1cc2ccccc2s1)NCC(c1ccccc1)N(C)C. The number of aliphatic hydroxyl groups is 1. The lowest BCUT2D eigenvalue weighted by atomic mass is 10.1. The number of aliphatic hydroxyl groups excluding tert-OH is 1. The number of nitrogens with zero attached hydrogens (tertiary/aromatic N) is 2. The van der Waals surface area contributed by atoms with Crippen molar-refractivity contribution in [3.8, 4) is 0 Å². The number of guanidine groups is 1. The lowest BCUT2D eigenvalue weighted by Gasteiger charge is -2.26. The molecule has 0 aliphatic carbocycles. The molecule has 5 nitrogen and oxygen atoms in total. The Morgan fingerprint density at radius 2 is 1.71 bits per heavy atom. The van der Waals surface area contributed by atoms with Crippen molar-refractivity contribution in [1.29, 1.82) is 0 Å². The molecule has 2 unspecified atom stereocenters. The van der Waals surface area contributed by atoms with E-state index in [0.717, 1.165) is 11.4 Å². The van der Waals surface area contributed by atoms with Gasteiger partial charge in [0, 0.05) is 29.7 Å². The highest BCUT2D eigenvalue weighted by Crippen LogP contribution is 2.29. The average molecular weight is 397 g/mol. The van der Waals surface area contributed by atoms with Crippen LogP contribution in [0.5, 0.6) is 0 Å². The van der Waals surface area contributed by atoms with Crippen LogP contribution in [0, 0.1) is 0 Å². The number of aliphatic imine (C=N–C) groups is 1. The van der Waals surface area contributed by atoms with Gasteiger partial charge in [-0.25, -0.2) is 0 Å². The first-order chi connectivity index (χ1) is 13.6. The summed E-state index contributed by atoms with van der Waals surface area (Å²) in [7, 11) is 5.88. The first-order valence-electron chi connectivity index (χ1n) is 9.41. The second-order valence-corrected chi connectivity index (χ2v) is 8.04. The number of hydrogen-bond acceptors (Lipinski definition) is 4. The normalized spacial score (nSPS) is 14.2. The number of rotatable bonds is 7. The molecule has 0 radical (unpaired) electrons. The van der Waals surface area contributed by atoms with Crippen LogP contribution in [-0.2, 0) is 0 Å². The summed E-state index contributed by atoms with van der Waals surface area (Å²) in [5, 5.41) is 18.3. The quantitative estimate of drug-likeness (QED) is 0.423. The smallest absolute Gasteiger partial charge is 0.191 e. The minimum Gasteiger partial charge on any atom is -0.386 e. The predicted molar refractivity (Wildman–Crippen MR) is 119 cm³/mol. The molecule has 0 spiro atoms. The van der Waals surface area contributed by atoms with Crippen molar-refractivity contribution in [2.75, 3.05) is 34.2 Å². The van der Waals surface area contributed by atoms with E-state index in [1.54, 1.807) is 18.4 Å². The van der Waals surface area contributed by atoms with Gasteiger partial charge in [-0.2, -0.15) is 0 Å². The third-order valence-electron chi connectivity index (χ3n) is 4.73. The van der Waals surface area contributed by atoms with Crippen molar-refractivity contribution in [3.63, 3.8) is 0 Å². The molecule has 0 saturated heterocycles. The number of fused-ring (bicyclic) bond motifs is 1. The lowest BCUT2D eigenvalue weighted by Crippen LogP contribution is -2.43. The van der Waals surface area contributed by atoms with Crippen LogP contribution in [0.25, 0.3) is 10.1 Å². The standard InChI is InChI=1S/C22H28N4OS/c1-23-22(24-14-18(26(2)3)16-9-5-4-6-10-16)25-15-19(27)21-13-17-11-7-8-12-20(17)28-21/h4-13,18-19,27H,14-15H2,1-3H3,(H2,23,24,25). The van der Waals surface area contributed by atoms with E-state index in [9.17, 15) is 5.11 Å². The van der Waals surface area contributed by atoms with Gasteiger partial charge in [-0.3, -0.25) is 4.99 Å². The Hall–Kier alpha value is -2.41. The maximum absolute atomic E-state index is 10.6. The maximum Gasteiger partial charge on any atom is 0.191 e. The summed E-state index contributed by atoms with van der Waals surface area (Å²) in [5.74, 6) is 0.683. The Balaban J connectivity index is 1.56. The van der Waals surface area contributed by atoms with E-state index in [1.165, 1.54) is 15.6 Å². The summed E-state index contributed by atoms with van der Waals surface area (Å²) < 4.78 is 1.19. The van der Waals surface area contributed by atoms with Crippen molar-refractivity contribution < 1.29 is 5.11 Å². The number of thiophene rings is 1. The molecule has 28 heavy (non-hydrogen) atoms. The Morgan fingerprint density at radius 1 is 1.04 bits per heavy atom.